The first kappa shape index (κ1) is 10.7. The molecule has 0 spiro atoms. The zero-order valence-electron chi connectivity index (χ0n) is 7.65. The van der Waals surface area contributed by atoms with E-state index in [9.17, 15) is 8.42 Å². The van der Waals surface area contributed by atoms with Gasteiger partial charge in [-0.3, -0.25) is 0 Å². The van der Waals surface area contributed by atoms with Crippen molar-refractivity contribution in [2.45, 2.75) is 24.5 Å². The number of thiophene rings is 1. The second-order valence-electron chi connectivity index (χ2n) is 3.38. The summed E-state index contributed by atoms with van der Waals surface area (Å²) in [6, 6.07) is 1.82. The number of hydrogen-bond donors (Lipinski definition) is 1. The van der Waals surface area contributed by atoms with Crippen LogP contribution in [-0.4, -0.2) is 8.42 Å². The lowest BCUT2D eigenvalue weighted by molar-refractivity contribution is 0.595. The molecule has 0 aliphatic carbocycles. The molecule has 0 radical (unpaired) electrons. The highest BCUT2D eigenvalue weighted by Gasteiger charge is 2.15. The lowest BCUT2D eigenvalue weighted by Crippen LogP contribution is -2.12. The van der Waals surface area contributed by atoms with Crippen molar-refractivity contribution in [1.29, 1.82) is 0 Å². The molecule has 2 N–H and O–H groups in total. The highest BCUT2D eigenvalue weighted by molar-refractivity contribution is 7.91. The summed E-state index contributed by atoms with van der Waals surface area (Å²) >= 11 is 1.19. The lowest BCUT2D eigenvalue weighted by Gasteiger charge is -2.04. The van der Waals surface area contributed by atoms with Gasteiger partial charge in [-0.25, -0.2) is 13.6 Å². The smallest absolute Gasteiger partial charge is 0.224 e. The summed E-state index contributed by atoms with van der Waals surface area (Å²) in [5, 5.41) is 6.82. The summed E-state index contributed by atoms with van der Waals surface area (Å²) in [5.74, 6) is 0.440. The number of hydrogen-bond acceptors (Lipinski definition) is 3. The van der Waals surface area contributed by atoms with E-state index in [2.05, 4.69) is 0 Å². The molecule has 0 atom stereocenters. The second kappa shape index (κ2) is 3.77. The molecule has 0 fully saturated rings. The molecule has 3 nitrogen and oxygen atoms in total. The number of primary sulfonamides is 1. The van der Waals surface area contributed by atoms with Gasteiger partial charge in [0.15, 0.2) is 0 Å². The molecule has 0 aliphatic rings. The Labute approximate surface area is 82.6 Å². The summed E-state index contributed by atoms with van der Waals surface area (Å²) in [7, 11) is -3.52. The predicted molar refractivity (Wildman–Crippen MR) is 54.2 cm³/mol. The normalized spacial score (nSPS) is 12.3. The minimum Gasteiger partial charge on any atom is -0.224 e. The number of nitrogens with two attached hydrogens (primary N) is 1. The topological polar surface area (TPSA) is 60.2 Å². The van der Waals surface area contributed by atoms with Crippen molar-refractivity contribution in [2.75, 3.05) is 0 Å². The van der Waals surface area contributed by atoms with E-state index in [1.807, 2.05) is 19.9 Å². The van der Waals surface area contributed by atoms with E-state index in [1.54, 1.807) is 5.38 Å². The van der Waals surface area contributed by atoms with Crippen LogP contribution in [0.2, 0.25) is 0 Å². The first-order valence-electron chi connectivity index (χ1n) is 4.00. The predicted octanol–water partition coefficient (Wildman–Crippen LogP) is 1.59. The third kappa shape index (κ3) is 2.79. The molecule has 1 heterocycles. The van der Waals surface area contributed by atoms with Crippen LogP contribution in [0.25, 0.3) is 0 Å². The van der Waals surface area contributed by atoms with E-state index in [-0.39, 0.29) is 0 Å². The standard InChI is InChI=1S/C8H13NO2S2/c1-6(2)5-7-3-4-12-8(7)13(9,10)11/h3-4,6H,5H2,1-2H3,(H2,9,10,11). The van der Waals surface area contributed by atoms with Crippen LogP contribution in [-0.2, 0) is 16.4 Å². The van der Waals surface area contributed by atoms with Crippen LogP contribution in [0, 0.1) is 5.92 Å². The van der Waals surface area contributed by atoms with Gasteiger partial charge in [0.1, 0.15) is 4.21 Å². The van der Waals surface area contributed by atoms with Crippen molar-refractivity contribution in [1.82, 2.24) is 0 Å². The molecule has 13 heavy (non-hydrogen) atoms. The highest BCUT2D eigenvalue weighted by atomic mass is 32.2. The zero-order chi connectivity index (χ0) is 10.1. The van der Waals surface area contributed by atoms with Crippen molar-refractivity contribution >= 4 is 21.4 Å². The van der Waals surface area contributed by atoms with Crippen molar-refractivity contribution in [3.05, 3.63) is 17.0 Å². The molecular weight excluding hydrogens is 206 g/mol. The van der Waals surface area contributed by atoms with Gasteiger partial charge in [0.05, 0.1) is 0 Å². The molecule has 0 bridgehead atoms. The van der Waals surface area contributed by atoms with Crippen molar-refractivity contribution < 1.29 is 8.42 Å². The Kier molecular flexibility index (Phi) is 3.10. The number of sulfonamides is 1. The Morgan fingerprint density at radius 1 is 1.54 bits per heavy atom. The maximum Gasteiger partial charge on any atom is 0.247 e. The van der Waals surface area contributed by atoms with E-state index in [4.69, 9.17) is 5.14 Å². The SMILES string of the molecule is CC(C)Cc1ccsc1S(N)(=O)=O. The second-order valence-corrected chi connectivity index (χ2v) is 6.05. The highest BCUT2D eigenvalue weighted by Crippen LogP contribution is 2.23. The molecule has 0 saturated carbocycles. The molecule has 0 unspecified atom stereocenters. The van der Waals surface area contributed by atoms with E-state index < -0.39 is 10.0 Å². The van der Waals surface area contributed by atoms with Crippen LogP contribution in [0.3, 0.4) is 0 Å². The zero-order valence-corrected chi connectivity index (χ0v) is 9.28. The van der Waals surface area contributed by atoms with Gasteiger partial charge in [-0.1, -0.05) is 13.8 Å². The first-order valence-corrected chi connectivity index (χ1v) is 6.43. The third-order valence-corrected chi connectivity index (χ3v) is 4.11. The molecule has 0 aromatic carbocycles. The summed E-state index contributed by atoms with van der Waals surface area (Å²) in [5.41, 5.74) is 0.836. The molecule has 1 rings (SSSR count). The first-order chi connectivity index (χ1) is 5.91. The van der Waals surface area contributed by atoms with Crippen LogP contribution >= 0.6 is 11.3 Å². The summed E-state index contributed by atoms with van der Waals surface area (Å²) in [6.07, 6.45) is 0.759. The van der Waals surface area contributed by atoms with Gasteiger partial charge in [0, 0.05) is 0 Å². The van der Waals surface area contributed by atoms with Gasteiger partial charge >= 0.3 is 0 Å². The molecule has 1 aromatic rings. The van der Waals surface area contributed by atoms with Crippen LogP contribution < -0.4 is 5.14 Å². The van der Waals surface area contributed by atoms with E-state index >= 15 is 0 Å². The molecule has 0 amide bonds. The van der Waals surface area contributed by atoms with Gasteiger partial charge in [0.25, 0.3) is 0 Å². The molecule has 74 valence electrons. The monoisotopic (exact) mass is 219 g/mol. The fraction of sp³-hybridized carbons (Fsp3) is 0.500. The van der Waals surface area contributed by atoms with Gasteiger partial charge in [-0.05, 0) is 29.3 Å². The Morgan fingerprint density at radius 2 is 2.15 bits per heavy atom. The lowest BCUT2D eigenvalue weighted by atomic mass is 10.1. The minimum absolute atomic E-state index is 0.307. The Balaban J connectivity index is 3.04. The molecular formula is C8H13NO2S2. The summed E-state index contributed by atoms with van der Waals surface area (Å²) in [4.78, 5) is 0. The van der Waals surface area contributed by atoms with Gasteiger partial charge < -0.3 is 0 Å². The van der Waals surface area contributed by atoms with Gasteiger partial charge in [-0.2, -0.15) is 0 Å². The summed E-state index contributed by atoms with van der Waals surface area (Å²) in [6.45, 7) is 4.09. The van der Waals surface area contributed by atoms with Crippen LogP contribution in [0.15, 0.2) is 15.7 Å². The number of rotatable bonds is 3. The third-order valence-electron chi connectivity index (χ3n) is 1.59. The fourth-order valence-electron chi connectivity index (χ4n) is 1.16. The average Bonchev–Trinajstić information content (AvgIpc) is 2.31. The van der Waals surface area contributed by atoms with Crippen molar-refractivity contribution in [2.24, 2.45) is 11.1 Å². The maximum absolute atomic E-state index is 11.1. The van der Waals surface area contributed by atoms with Crippen LogP contribution in [0.4, 0.5) is 0 Å². The fourth-order valence-corrected chi connectivity index (χ4v) is 3.04. The maximum atomic E-state index is 11.1. The summed E-state index contributed by atoms with van der Waals surface area (Å²) < 4.78 is 22.5. The van der Waals surface area contributed by atoms with Crippen molar-refractivity contribution in [3.63, 3.8) is 0 Å². The molecule has 0 saturated heterocycles. The van der Waals surface area contributed by atoms with Crippen molar-refractivity contribution in [3.8, 4) is 0 Å². The van der Waals surface area contributed by atoms with Crippen LogP contribution in [0.5, 0.6) is 0 Å². The van der Waals surface area contributed by atoms with E-state index in [1.165, 1.54) is 11.3 Å². The quantitative estimate of drug-likeness (QED) is 0.839. The Hall–Kier alpha value is -0.390. The largest absolute Gasteiger partial charge is 0.247 e. The van der Waals surface area contributed by atoms with E-state index in [0.29, 0.717) is 10.1 Å². The molecule has 1 aromatic heterocycles. The Bertz CT molecular complexity index is 379. The van der Waals surface area contributed by atoms with Gasteiger partial charge in [-0.15, -0.1) is 11.3 Å². The van der Waals surface area contributed by atoms with Gasteiger partial charge in [0.2, 0.25) is 10.0 Å². The average molecular weight is 219 g/mol. The van der Waals surface area contributed by atoms with Crippen LogP contribution in [0.1, 0.15) is 19.4 Å². The Morgan fingerprint density at radius 3 is 2.62 bits per heavy atom. The molecule has 5 heteroatoms. The molecule has 0 aliphatic heterocycles. The minimum atomic E-state index is -3.52. The van der Waals surface area contributed by atoms with E-state index in [0.717, 1.165) is 12.0 Å².